The molecule has 0 atom stereocenters. The highest BCUT2D eigenvalue weighted by Gasteiger charge is 2.15. The monoisotopic (exact) mass is 382 g/mol. The van der Waals surface area contributed by atoms with Crippen LogP contribution in [0.3, 0.4) is 0 Å². The van der Waals surface area contributed by atoms with E-state index in [0.29, 0.717) is 23.7 Å². The minimum absolute atomic E-state index is 0.371. The summed E-state index contributed by atoms with van der Waals surface area (Å²) in [6.45, 7) is 8.17. The Hall–Kier alpha value is -2.37. The Balaban J connectivity index is 1.58. The number of benzene rings is 2. The molecule has 0 bridgehead atoms. The van der Waals surface area contributed by atoms with Gasteiger partial charge in [0.25, 0.3) is 0 Å². The molecule has 3 rings (SSSR count). The first kappa shape index (κ1) is 20.4. The molecule has 1 heterocycles. The molecule has 150 valence electrons. The molecule has 28 heavy (non-hydrogen) atoms. The number of esters is 1. The Kier molecular flexibility index (Phi) is 7.46. The van der Waals surface area contributed by atoms with Gasteiger partial charge in [-0.1, -0.05) is 24.3 Å². The molecule has 1 fully saturated rings. The van der Waals surface area contributed by atoms with Crippen LogP contribution < -0.4 is 9.47 Å². The van der Waals surface area contributed by atoms with E-state index in [0.717, 1.165) is 45.6 Å². The maximum atomic E-state index is 12.3. The quantitative estimate of drug-likeness (QED) is 0.516. The van der Waals surface area contributed by atoms with Gasteiger partial charge in [-0.3, -0.25) is 0 Å². The van der Waals surface area contributed by atoms with E-state index in [-0.39, 0.29) is 5.97 Å². The van der Waals surface area contributed by atoms with Crippen molar-refractivity contribution in [3.05, 3.63) is 59.7 Å². The van der Waals surface area contributed by atoms with Crippen LogP contribution >= 0.6 is 0 Å². The van der Waals surface area contributed by atoms with Crippen LogP contribution in [-0.2, 0) is 6.42 Å². The van der Waals surface area contributed by atoms with Crippen LogP contribution in [0.25, 0.3) is 0 Å². The van der Waals surface area contributed by atoms with Gasteiger partial charge >= 0.3 is 5.97 Å². The Labute approximate surface area is 167 Å². The molecule has 0 amide bonds. The van der Waals surface area contributed by atoms with Crippen molar-refractivity contribution in [3.63, 3.8) is 0 Å². The molecule has 0 radical (unpaired) electrons. The van der Waals surface area contributed by atoms with E-state index < -0.39 is 0 Å². The van der Waals surface area contributed by atoms with Gasteiger partial charge in [0.1, 0.15) is 0 Å². The van der Waals surface area contributed by atoms with E-state index in [2.05, 4.69) is 16.8 Å². The van der Waals surface area contributed by atoms with Crippen molar-refractivity contribution >= 4 is 5.97 Å². The van der Waals surface area contributed by atoms with E-state index in [1.165, 1.54) is 5.56 Å². The summed E-state index contributed by atoms with van der Waals surface area (Å²) in [4.78, 5) is 17.2. The van der Waals surface area contributed by atoms with Gasteiger partial charge in [-0.25, -0.2) is 4.79 Å². The summed E-state index contributed by atoms with van der Waals surface area (Å²) >= 11 is 0. The molecule has 5 heteroatoms. The molecular formula is C23H30N2O3. The number of aryl methyl sites for hydroxylation is 1. The predicted molar refractivity (Wildman–Crippen MR) is 111 cm³/mol. The van der Waals surface area contributed by atoms with E-state index in [1.54, 1.807) is 12.1 Å². The fourth-order valence-electron chi connectivity index (χ4n) is 3.37. The fourth-order valence-corrected chi connectivity index (χ4v) is 3.37. The summed E-state index contributed by atoms with van der Waals surface area (Å²) < 4.78 is 11.3. The average molecular weight is 383 g/mol. The van der Waals surface area contributed by atoms with Crippen molar-refractivity contribution in [2.45, 2.75) is 19.8 Å². The summed E-state index contributed by atoms with van der Waals surface area (Å²) in [6, 6.07) is 14.9. The number of hydrogen-bond acceptors (Lipinski definition) is 5. The van der Waals surface area contributed by atoms with Gasteiger partial charge in [0.2, 0.25) is 0 Å². The maximum absolute atomic E-state index is 12.3. The standard InChI is InChI=1S/C23H30N2O3/c1-3-27-22-18-19(8-7-13-25-16-14-24(2)15-17-25)11-12-21(22)28-23(26)20-9-5-4-6-10-20/h4-6,9-12,18H,3,7-8,13-17H2,1-2H3. The van der Waals surface area contributed by atoms with Gasteiger partial charge in [-0.2, -0.15) is 0 Å². The number of likely N-dealkylation sites (N-methyl/N-ethyl adjacent to an activating group) is 1. The smallest absolute Gasteiger partial charge is 0.343 e. The molecule has 5 nitrogen and oxygen atoms in total. The molecule has 0 saturated carbocycles. The van der Waals surface area contributed by atoms with E-state index >= 15 is 0 Å². The molecule has 1 aliphatic rings. The van der Waals surface area contributed by atoms with Crippen molar-refractivity contribution in [2.24, 2.45) is 0 Å². The number of carbonyl (C=O) groups is 1. The normalized spacial score (nSPS) is 15.4. The van der Waals surface area contributed by atoms with Gasteiger partial charge in [-0.05, 0) is 63.2 Å². The van der Waals surface area contributed by atoms with E-state index in [1.807, 2.05) is 43.3 Å². The third-order valence-electron chi connectivity index (χ3n) is 5.06. The van der Waals surface area contributed by atoms with Crippen molar-refractivity contribution in [3.8, 4) is 11.5 Å². The zero-order chi connectivity index (χ0) is 19.8. The second-order valence-corrected chi connectivity index (χ2v) is 7.22. The van der Waals surface area contributed by atoms with Crippen molar-refractivity contribution in [1.82, 2.24) is 9.80 Å². The zero-order valence-electron chi connectivity index (χ0n) is 16.9. The molecule has 1 saturated heterocycles. The largest absolute Gasteiger partial charge is 0.490 e. The second kappa shape index (κ2) is 10.2. The van der Waals surface area contributed by atoms with Gasteiger partial charge in [0.05, 0.1) is 12.2 Å². The number of hydrogen-bond donors (Lipinski definition) is 0. The van der Waals surface area contributed by atoms with Gasteiger partial charge < -0.3 is 19.3 Å². The van der Waals surface area contributed by atoms with Crippen molar-refractivity contribution < 1.29 is 14.3 Å². The summed E-state index contributed by atoms with van der Waals surface area (Å²) in [5.41, 5.74) is 1.73. The van der Waals surface area contributed by atoms with Crippen LogP contribution in [0.4, 0.5) is 0 Å². The Morgan fingerprint density at radius 2 is 1.75 bits per heavy atom. The van der Waals surface area contributed by atoms with Crippen molar-refractivity contribution in [1.29, 1.82) is 0 Å². The number of carbonyl (C=O) groups excluding carboxylic acids is 1. The van der Waals surface area contributed by atoms with Gasteiger partial charge in [0, 0.05) is 26.2 Å². The van der Waals surface area contributed by atoms with Gasteiger partial charge in [0.15, 0.2) is 11.5 Å². The third-order valence-corrected chi connectivity index (χ3v) is 5.06. The summed E-state index contributed by atoms with van der Waals surface area (Å²) in [5, 5.41) is 0. The number of ether oxygens (including phenoxy) is 2. The molecule has 0 unspecified atom stereocenters. The van der Waals surface area contributed by atoms with Crippen LogP contribution in [0.1, 0.15) is 29.3 Å². The molecule has 0 spiro atoms. The first-order valence-corrected chi connectivity index (χ1v) is 10.1. The summed E-state index contributed by atoms with van der Waals surface area (Å²) in [5.74, 6) is 0.728. The Morgan fingerprint density at radius 1 is 1.00 bits per heavy atom. The molecule has 1 aliphatic heterocycles. The highest BCUT2D eigenvalue weighted by atomic mass is 16.6. The topological polar surface area (TPSA) is 42.0 Å². The van der Waals surface area contributed by atoms with E-state index in [9.17, 15) is 4.79 Å². The van der Waals surface area contributed by atoms with E-state index in [4.69, 9.17) is 9.47 Å². The highest BCUT2D eigenvalue weighted by molar-refractivity contribution is 5.91. The molecule has 0 N–H and O–H groups in total. The molecule has 0 aliphatic carbocycles. The number of piperazine rings is 1. The highest BCUT2D eigenvalue weighted by Crippen LogP contribution is 2.30. The van der Waals surface area contributed by atoms with Crippen LogP contribution in [0.2, 0.25) is 0 Å². The first-order valence-electron chi connectivity index (χ1n) is 10.1. The zero-order valence-corrected chi connectivity index (χ0v) is 16.9. The minimum atomic E-state index is -0.371. The second-order valence-electron chi connectivity index (χ2n) is 7.22. The third kappa shape index (κ3) is 5.81. The molecular weight excluding hydrogens is 352 g/mol. The summed E-state index contributed by atoms with van der Waals surface area (Å²) in [6.07, 6.45) is 2.09. The number of nitrogens with zero attached hydrogens (tertiary/aromatic N) is 2. The lowest BCUT2D eigenvalue weighted by Gasteiger charge is -2.32. The SMILES string of the molecule is CCOc1cc(CCCN2CCN(C)CC2)ccc1OC(=O)c1ccccc1. The number of rotatable bonds is 8. The fraction of sp³-hybridized carbons (Fsp3) is 0.435. The molecule has 2 aromatic carbocycles. The lowest BCUT2D eigenvalue weighted by Crippen LogP contribution is -2.44. The van der Waals surface area contributed by atoms with Crippen LogP contribution in [0, 0.1) is 0 Å². The van der Waals surface area contributed by atoms with Crippen molar-refractivity contribution in [2.75, 3.05) is 46.4 Å². The van der Waals surface area contributed by atoms with Gasteiger partial charge in [-0.15, -0.1) is 0 Å². The lowest BCUT2D eigenvalue weighted by atomic mass is 10.1. The summed E-state index contributed by atoms with van der Waals surface area (Å²) in [7, 11) is 2.18. The maximum Gasteiger partial charge on any atom is 0.343 e. The van der Waals surface area contributed by atoms with Crippen LogP contribution in [0.5, 0.6) is 11.5 Å². The molecule has 0 aromatic heterocycles. The lowest BCUT2D eigenvalue weighted by molar-refractivity contribution is 0.0728. The van der Waals surface area contributed by atoms with Crippen LogP contribution in [-0.4, -0.2) is 62.1 Å². The first-order chi connectivity index (χ1) is 13.7. The predicted octanol–water partition coefficient (Wildman–Crippen LogP) is 3.48. The minimum Gasteiger partial charge on any atom is -0.490 e. The Bertz CT molecular complexity index is 756. The average Bonchev–Trinajstić information content (AvgIpc) is 2.72. The van der Waals surface area contributed by atoms with Crippen LogP contribution in [0.15, 0.2) is 48.5 Å². The molecule has 2 aromatic rings. The Morgan fingerprint density at radius 3 is 2.46 bits per heavy atom.